The summed E-state index contributed by atoms with van der Waals surface area (Å²) >= 11 is 6.04. The molecule has 2 N–H and O–H groups in total. The average Bonchev–Trinajstić information content (AvgIpc) is 2.88. The van der Waals surface area contributed by atoms with Crippen molar-refractivity contribution >= 4 is 35.7 Å². The first-order chi connectivity index (χ1) is 11.0. The van der Waals surface area contributed by atoms with Crippen molar-refractivity contribution in [1.82, 2.24) is 15.1 Å². The van der Waals surface area contributed by atoms with Crippen LogP contribution in [0.1, 0.15) is 25.5 Å². The number of rotatable bonds is 3. The van der Waals surface area contributed by atoms with Crippen molar-refractivity contribution in [3.05, 3.63) is 41.0 Å². The Kier molecular flexibility index (Phi) is 6.27. The summed E-state index contributed by atoms with van der Waals surface area (Å²) in [6.45, 7) is 4.95. The molecule has 1 saturated heterocycles. The van der Waals surface area contributed by atoms with Gasteiger partial charge >= 0.3 is 0 Å². The maximum absolute atomic E-state index is 12.4. The van der Waals surface area contributed by atoms with Crippen LogP contribution in [0.5, 0.6) is 0 Å². The normalized spacial score (nSPS) is 20.3. The number of aryl methyl sites for hydroxylation is 1. The second-order valence-electron chi connectivity index (χ2n) is 6.13. The van der Waals surface area contributed by atoms with Crippen LogP contribution < -0.4 is 10.6 Å². The van der Waals surface area contributed by atoms with Crippen molar-refractivity contribution in [2.75, 3.05) is 11.9 Å². The van der Waals surface area contributed by atoms with Crippen molar-refractivity contribution in [3.63, 3.8) is 0 Å². The van der Waals surface area contributed by atoms with Gasteiger partial charge in [-0.1, -0.05) is 17.7 Å². The highest BCUT2D eigenvalue weighted by atomic mass is 35.5. The summed E-state index contributed by atoms with van der Waals surface area (Å²) < 4.78 is 1.78. The van der Waals surface area contributed by atoms with Crippen molar-refractivity contribution in [2.45, 2.75) is 32.7 Å². The molecule has 3 rings (SSSR count). The Hall–Kier alpha value is -1.56. The van der Waals surface area contributed by atoms with E-state index in [1.54, 1.807) is 4.68 Å². The van der Waals surface area contributed by atoms with Gasteiger partial charge in [0.15, 0.2) is 5.82 Å². The third-order valence-corrected chi connectivity index (χ3v) is 4.42. The second kappa shape index (κ2) is 8.01. The van der Waals surface area contributed by atoms with E-state index < -0.39 is 0 Å². The van der Waals surface area contributed by atoms with Gasteiger partial charge < -0.3 is 10.6 Å². The molecule has 130 valence electrons. The van der Waals surface area contributed by atoms with E-state index in [2.05, 4.69) is 22.7 Å². The minimum absolute atomic E-state index is 0. The van der Waals surface area contributed by atoms with Gasteiger partial charge in [0.2, 0.25) is 5.91 Å². The number of benzene rings is 1. The monoisotopic (exact) mass is 368 g/mol. The van der Waals surface area contributed by atoms with Crippen LogP contribution in [-0.2, 0) is 4.79 Å². The summed E-state index contributed by atoms with van der Waals surface area (Å²) in [4.78, 5) is 12.4. The predicted molar refractivity (Wildman–Crippen MR) is 99.4 cm³/mol. The molecule has 2 atom stereocenters. The maximum Gasteiger partial charge on any atom is 0.228 e. The molecule has 2 heterocycles. The number of amides is 1. The molecular formula is C17H22Cl2N4O. The second-order valence-corrected chi connectivity index (χ2v) is 6.56. The standard InChI is InChI=1S/C17H21ClN4O.ClH/c1-11-8-13(6-7-19-11)17(23)20-16-9-12(2)22(21-16)15-5-3-4-14(18)10-15;/h3-5,9-11,13,19H,6-8H2,1-2H3,(H,20,21,23);1H/t11-,13-;/m0./s1. The lowest BCUT2D eigenvalue weighted by molar-refractivity contribution is -0.120. The molecule has 2 aromatic rings. The van der Waals surface area contributed by atoms with Crippen LogP contribution in [0.4, 0.5) is 5.82 Å². The van der Waals surface area contributed by atoms with E-state index in [1.165, 1.54) is 0 Å². The minimum atomic E-state index is 0. The molecular weight excluding hydrogens is 347 g/mol. The quantitative estimate of drug-likeness (QED) is 0.870. The summed E-state index contributed by atoms with van der Waals surface area (Å²) in [6, 6.07) is 9.75. The van der Waals surface area contributed by atoms with Crippen molar-refractivity contribution in [2.24, 2.45) is 5.92 Å². The van der Waals surface area contributed by atoms with Gasteiger partial charge in [0, 0.05) is 28.7 Å². The zero-order chi connectivity index (χ0) is 16.4. The Balaban J connectivity index is 0.00000208. The highest BCUT2D eigenvalue weighted by Gasteiger charge is 2.25. The van der Waals surface area contributed by atoms with E-state index in [1.807, 2.05) is 37.3 Å². The maximum atomic E-state index is 12.4. The Morgan fingerprint density at radius 2 is 2.21 bits per heavy atom. The fraction of sp³-hybridized carbons (Fsp3) is 0.412. The van der Waals surface area contributed by atoms with E-state index in [4.69, 9.17) is 11.6 Å². The fourth-order valence-electron chi connectivity index (χ4n) is 3.00. The summed E-state index contributed by atoms with van der Waals surface area (Å²) in [5, 5.41) is 11.4. The smallest absolute Gasteiger partial charge is 0.228 e. The van der Waals surface area contributed by atoms with Crippen LogP contribution >= 0.6 is 24.0 Å². The summed E-state index contributed by atoms with van der Waals surface area (Å²) in [5.41, 5.74) is 1.83. The lowest BCUT2D eigenvalue weighted by Crippen LogP contribution is -2.40. The Morgan fingerprint density at radius 1 is 1.42 bits per heavy atom. The number of aromatic nitrogens is 2. The van der Waals surface area contributed by atoms with E-state index >= 15 is 0 Å². The average molecular weight is 369 g/mol. The van der Waals surface area contributed by atoms with Crippen LogP contribution in [0.2, 0.25) is 5.02 Å². The first-order valence-corrected chi connectivity index (χ1v) is 8.27. The van der Waals surface area contributed by atoms with Crippen molar-refractivity contribution in [1.29, 1.82) is 0 Å². The highest BCUT2D eigenvalue weighted by Crippen LogP contribution is 2.21. The van der Waals surface area contributed by atoms with E-state index in [9.17, 15) is 4.79 Å². The van der Waals surface area contributed by atoms with Crippen LogP contribution in [0.15, 0.2) is 30.3 Å². The zero-order valence-electron chi connectivity index (χ0n) is 13.8. The number of nitrogens with one attached hydrogen (secondary N) is 2. The largest absolute Gasteiger partial charge is 0.314 e. The van der Waals surface area contributed by atoms with Crippen LogP contribution in [0, 0.1) is 12.8 Å². The molecule has 0 unspecified atom stereocenters. The molecule has 1 aromatic carbocycles. The van der Waals surface area contributed by atoms with Gasteiger partial charge in [0.25, 0.3) is 0 Å². The van der Waals surface area contributed by atoms with Gasteiger partial charge in [-0.05, 0) is 51.4 Å². The molecule has 1 aliphatic heterocycles. The molecule has 0 spiro atoms. The molecule has 0 saturated carbocycles. The molecule has 7 heteroatoms. The molecule has 24 heavy (non-hydrogen) atoms. The molecule has 1 aromatic heterocycles. The third kappa shape index (κ3) is 4.29. The first-order valence-electron chi connectivity index (χ1n) is 7.90. The summed E-state index contributed by atoms with van der Waals surface area (Å²) in [5.74, 6) is 0.677. The van der Waals surface area contributed by atoms with Gasteiger partial charge in [0.1, 0.15) is 0 Å². The van der Waals surface area contributed by atoms with Crippen LogP contribution in [0.25, 0.3) is 5.69 Å². The number of nitrogens with zero attached hydrogens (tertiary/aromatic N) is 2. The fourth-order valence-corrected chi connectivity index (χ4v) is 3.19. The molecule has 0 aliphatic carbocycles. The van der Waals surface area contributed by atoms with Crippen LogP contribution in [0.3, 0.4) is 0 Å². The van der Waals surface area contributed by atoms with Gasteiger partial charge in [-0.2, -0.15) is 0 Å². The molecule has 0 radical (unpaired) electrons. The van der Waals surface area contributed by atoms with Crippen LogP contribution in [-0.4, -0.2) is 28.3 Å². The number of carbonyl (C=O) groups excluding carboxylic acids is 1. The summed E-state index contributed by atoms with van der Waals surface area (Å²) in [6.07, 6.45) is 1.73. The predicted octanol–water partition coefficient (Wildman–Crippen LogP) is 3.58. The van der Waals surface area contributed by atoms with Gasteiger partial charge in [-0.25, -0.2) is 4.68 Å². The number of hydrogen-bond acceptors (Lipinski definition) is 3. The number of hydrogen-bond donors (Lipinski definition) is 2. The van der Waals surface area contributed by atoms with Gasteiger partial charge in [-0.3, -0.25) is 4.79 Å². The summed E-state index contributed by atoms with van der Waals surface area (Å²) in [7, 11) is 0. The Bertz CT molecular complexity index is 716. The topological polar surface area (TPSA) is 59.0 Å². The molecule has 0 bridgehead atoms. The van der Waals surface area contributed by atoms with E-state index in [-0.39, 0.29) is 24.2 Å². The van der Waals surface area contributed by atoms with Crippen molar-refractivity contribution < 1.29 is 4.79 Å². The van der Waals surface area contributed by atoms with Gasteiger partial charge in [-0.15, -0.1) is 17.5 Å². The number of piperidine rings is 1. The first kappa shape index (κ1) is 18.8. The lowest BCUT2D eigenvalue weighted by Gasteiger charge is -2.26. The molecule has 1 fully saturated rings. The zero-order valence-corrected chi connectivity index (χ0v) is 15.3. The van der Waals surface area contributed by atoms with E-state index in [0.29, 0.717) is 16.9 Å². The minimum Gasteiger partial charge on any atom is -0.314 e. The lowest BCUT2D eigenvalue weighted by atomic mass is 9.92. The Morgan fingerprint density at radius 3 is 2.92 bits per heavy atom. The SMILES string of the molecule is Cc1cc(NC(=O)[C@H]2CCN[C@@H](C)C2)nn1-c1cccc(Cl)c1.Cl. The van der Waals surface area contributed by atoms with E-state index in [0.717, 1.165) is 30.8 Å². The highest BCUT2D eigenvalue weighted by molar-refractivity contribution is 6.30. The number of anilines is 1. The number of halogens is 2. The Labute approximate surface area is 153 Å². The number of carbonyl (C=O) groups is 1. The molecule has 1 amide bonds. The molecule has 5 nitrogen and oxygen atoms in total. The van der Waals surface area contributed by atoms with Crippen molar-refractivity contribution in [3.8, 4) is 5.69 Å². The van der Waals surface area contributed by atoms with Gasteiger partial charge in [0.05, 0.1) is 5.69 Å². The molecule has 1 aliphatic rings. The third-order valence-electron chi connectivity index (χ3n) is 4.19.